The van der Waals surface area contributed by atoms with Crippen LogP contribution in [0.1, 0.15) is 18.7 Å². The topological polar surface area (TPSA) is 63.1 Å². The van der Waals surface area contributed by atoms with Crippen molar-refractivity contribution in [1.29, 1.82) is 0 Å². The molecule has 7 heteroatoms. The van der Waals surface area contributed by atoms with Gasteiger partial charge < -0.3 is 9.47 Å². The average molecular weight is 303 g/mol. The number of hydrogen-bond acceptors (Lipinski definition) is 3. The number of urea groups is 1. The van der Waals surface area contributed by atoms with Gasteiger partial charge in [-0.15, -0.1) is 0 Å². The molecule has 2 amide bonds. The molecule has 0 aliphatic carbocycles. The highest BCUT2D eigenvalue weighted by atomic mass is 19.1. The Balaban J connectivity index is 1.66. The summed E-state index contributed by atoms with van der Waals surface area (Å²) in [6, 6.07) is 2.67. The van der Waals surface area contributed by atoms with Gasteiger partial charge in [0.25, 0.3) is 0 Å². The number of imidazole rings is 1. The number of aryl methyl sites for hydroxylation is 1. The zero-order valence-corrected chi connectivity index (χ0v) is 12.4. The Kier molecular flexibility index (Phi) is 4.04. The number of rotatable bonds is 3. The largest absolute Gasteiger partial charge is 0.333 e. The number of anilines is 1. The fraction of sp³-hybridized carbons (Fsp3) is 0.400. The van der Waals surface area contributed by atoms with E-state index in [9.17, 15) is 9.18 Å². The first kappa shape index (κ1) is 14.5. The fourth-order valence-electron chi connectivity index (χ4n) is 2.75. The predicted octanol–water partition coefficient (Wildman–Crippen LogP) is 2.42. The monoisotopic (exact) mass is 303 g/mol. The Labute approximate surface area is 128 Å². The van der Waals surface area contributed by atoms with Crippen molar-refractivity contribution in [2.75, 3.05) is 11.9 Å². The van der Waals surface area contributed by atoms with Gasteiger partial charge in [-0.2, -0.15) is 0 Å². The van der Waals surface area contributed by atoms with Crippen molar-refractivity contribution >= 4 is 11.8 Å². The molecule has 1 N–H and O–H groups in total. The third kappa shape index (κ3) is 3.08. The first-order valence-electron chi connectivity index (χ1n) is 7.30. The van der Waals surface area contributed by atoms with E-state index in [4.69, 9.17) is 0 Å². The maximum absolute atomic E-state index is 12.8. The smallest absolute Gasteiger partial charge is 0.323 e. The van der Waals surface area contributed by atoms with Crippen LogP contribution in [0.2, 0.25) is 0 Å². The molecule has 0 radical (unpaired) electrons. The minimum atomic E-state index is -0.423. The van der Waals surface area contributed by atoms with Gasteiger partial charge in [0, 0.05) is 25.5 Å². The molecule has 0 spiro atoms. The lowest BCUT2D eigenvalue weighted by Gasteiger charge is -2.25. The third-order valence-electron chi connectivity index (χ3n) is 3.93. The van der Waals surface area contributed by atoms with E-state index in [1.807, 2.05) is 22.6 Å². The first-order valence-corrected chi connectivity index (χ1v) is 7.30. The van der Waals surface area contributed by atoms with Gasteiger partial charge in [0.1, 0.15) is 17.5 Å². The number of aromatic nitrogens is 3. The Bertz CT molecular complexity index is 654. The van der Waals surface area contributed by atoms with Gasteiger partial charge >= 0.3 is 6.03 Å². The molecule has 1 fully saturated rings. The lowest BCUT2D eigenvalue weighted by Crippen LogP contribution is -2.41. The highest BCUT2D eigenvalue weighted by Gasteiger charge is 2.29. The maximum atomic E-state index is 12.8. The normalized spacial score (nSPS) is 17.7. The molecule has 6 nitrogen and oxygen atoms in total. The first-order chi connectivity index (χ1) is 10.6. The van der Waals surface area contributed by atoms with Crippen LogP contribution in [-0.2, 0) is 6.54 Å². The summed E-state index contributed by atoms with van der Waals surface area (Å²) in [5, 5.41) is 2.72. The summed E-state index contributed by atoms with van der Waals surface area (Å²) in [6.45, 7) is 3.39. The van der Waals surface area contributed by atoms with Gasteiger partial charge in [-0.05, 0) is 31.9 Å². The molecule has 1 aliphatic heterocycles. The van der Waals surface area contributed by atoms with Crippen molar-refractivity contribution < 1.29 is 9.18 Å². The SMILES string of the molecule is Cc1nccn1C[C@@H]1CCCN1C(=O)Nc1ccc(F)cn1. The Hall–Kier alpha value is -2.44. The highest BCUT2D eigenvalue weighted by Crippen LogP contribution is 2.20. The molecule has 2 aromatic rings. The fourth-order valence-corrected chi connectivity index (χ4v) is 2.75. The summed E-state index contributed by atoms with van der Waals surface area (Å²) < 4.78 is 14.9. The van der Waals surface area contributed by atoms with E-state index in [-0.39, 0.29) is 12.1 Å². The lowest BCUT2D eigenvalue weighted by atomic mass is 10.2. The van der Waals surface area contributed by atoms with Crippen LogP contribution in [0.15, 0.2) is 30.7 Å². The molecule has 0 saturated carbocycles. The number of halogens is 1. The summed E-state index contributed by atoms with van der Waals surface area (Å²) >= 11 is 0. The standard InChI is InChI=1S/C15H18FN5O/c1-11-17-6-8-20(11)10-13-3-2-7-21(13)15(22)19-14-5-4-12(16)9-18-14/h4-6,8-9,13H,2-3,7,10H2,1H3,(H,18,19,22)/t13-/m0/s1. The number of nitrogens with one attached hydrogen (secondary N) is 1. The van der Waals surface area contributed by atoms with Crippen molar-refractivity contribution in [2.45, 2.75) is 32.4 Å². The van der Waals surface area contributed by atoms with Gasteiger partial charge in [0.15, 0.2) is 0 Å². The van der Waals surface area contributed by atoms with Crippen LogP contribution in [0.5, 0.6) is 0 Å². The Morgan fingerprint density at radius 1 is 1.45 bits per heavy atom. The van der Waals surface area contributed by atoms with Crippen LogP contribution in [0.25, 0.3) is 0 Å². The Morgan fingerprint density at radius 3 is 3.00 bits per heavy atom. The van der Waals surface area contributed by atoms with Gasteiger partial charge in [0.2, 0.25) is 0 Å². The number of nitrogens with zero attached hydrogens (tertiary/aromatic N) is 4. The zero-order chi connectivity index (χ0) is 15.5. The zero-order valence-electron chi connectivity index (χ0n) is 12.4. The lowest BCUT2D eigenvalue weighted by molar-refractivity contribution is 0.200. The van der Waals surface area contributed by atoms with E-state index in [0.29, 0.717) is 12.4 Å². The third-order valence-corrected chi connectivity index (χ3v) is 3.93. The van der Waals surface area contributed by atoms with Crippen LogP contribution < -0.4 is 5.32 Å². The van der Waals surface area contributed by atoms with E-state index < -0.39 is 5.82 Å². The van der Waals surface area contributed by atoms with Gasteiger partial charge in [0.05, 0.1) is 12.2 Å². The van der Waals surface area contributed by atoms with Crippen LogP contribution >= 0.6 is 0 Å². The summed E-state index contributed by atoms with van der Waals surface area (Å²) in [5.74, 6) is 0.871. The van der Waals surface area contributed by atoms with Crippen LogP contribution in [0.3, 0.4) is 0 Å². The van der Waals surface area contributed by atoms with Crippen molar-refractivity contribution in [1.82, 2.24) is 19.4 Å². The molecule has 1 atom stereocenters. The average Bonchev–Trinajstić information content (AvgIpc) is 3.12. The molecule has 0 unspecified atom stereocenters. The number of carbonyl (C=O) groups is 1. The van der Waals surface area contributed by atoms with E-state index in [0.717, 1.165) is 31.4 Å². The Morgan fingerprint density at radius 2 is 2.32 bits per heavy atom. The van der Waals surface area contributed by atoms with E-state index >= 15 is 0 Å². The molecule has 0 bridgehead atoms. The van der Waals surface area contributed by atoms with E-state index in [2.05, 4.69) is 15.3 Å². The molecule has 3 heterocycles. The van der Waals surface area contributed by atoms with Crippen LogP contribution in [0.4, 0.5) is 15.0 Å². The van der Waals surface area contributed by atoms with Crippen LogP contribution in [0, 0.1) is 12.7 Å². The summed E-state index contributed by atoms with van der Waals surface area (Å²) in [7, 11) is 0. The molecule has 3 rings (SSSR count). The van der Waals surface area contributed by atoms with Gasteiger partial charge in [-0.3, -0.25) is 5.32 Å². The number of amides is 2. The maximum Gasteiger partial charge on any atom is 0.323 e. The van der Waals surface area contributed by atoms with Crippen LogP contribution in [-0.4, -0.2) is 38.1 Å². The minimum absolute atomic E-state index is 0.133. The number of likely N-dealkylation sites (tertiary alicyclic amines) is 1. The van der Waals surface area contributed by atoms with Gasteiger partial charge in [-0.1, -0.05) is 0 Å². The second-order valence-corrected chi connectivity index (χ2v) is 5.41. The van der Waals surface area contributed by atoms with E-state index in [1.54, 1.807) is 6.20 Å². The molecule has 1 aliphatic rings. The molecule has 1 saturated heterocycles. The molecular weight excluding hydrogens is 285 g/mol. The number of hydrogen-bond donors (Lipinski definition) is 1. The van der Waals surface area contributed by atoms with E-state index in [1.165, 1.54) is 12.1 Å². The van der Waals surface area contributed by atoms with Crippen molar-refractivity contribution in [3.8, 4) is 0 Å². The quantitative estimate of drug-likeness (QED) is 0.947. The molecule has 0 aromatic carbocycles. The predicted molar refractivity (Wildman–Crippen MR) is 79.9 cm³/mol. The van der Waals surface area contributed by atoms with Crippen molar-refractivity contribution in [3.05, 3.63) is 42.4 Å². The van der Waals surface area contributed by atoms with Crippen molar-refractivity contribution in [3.63, 3.8) is 0 Å². The second kappa shape index (κ2) is 6.13. The highest BCUT2D eigenvalue weighted by molar-refractivity contribution is 5.88. The minimum Gasteiger partial charge on any atom is -0.333 e. The van der Waals surface area contributed by atoms with Gasteiger partial charge in [-0.25, -0.2) is 19.2 Å². The molecular formula is C15H18FN5O. The summed E-state index contributed by atoms with van der Waals surface area (Å²) in [4.78, 5) is 22.2. The summed E-state index contributed by atoms with van der Waals surface area (Å²) in [6.07, 6.45) is 6.71. The molecule has 2 aromatic heterocycles. The summed E-state index contributed by atoms with van der Waals surface area (Å²) in [5.41, 5.74) is 0. The second-order valence-electron chi connectivity index (χ2n) is 5.41. The number of carbonyl (C=O) groups excluding carboxylic acids is 1. The van der Waals surface area contributed by atoms with Crippen molar-refractivity contribution in [2.24, 2.45) is 0 Å². The molecule has 116 valence electrons. The molecule has 22 heavy (non-hydrogen) atoms. The number of pyridine rings is 1.